The van der Waals surface area contributed by atoms with Crippen molar-refractivity contribution in [2.75, 3.05) is 13.7 Å². The lowest BCUT2D eigenvalue weighted by Gasteiger charge is -2.27. The maximum atomic E-state index is 15.2. The van der Waals surface area contributed by atoms with Crippen molar-refractivity contribution in [3.63, 3.8) is 0 Å². The predicted molar refractivity (Wildman–Crippen MR) is 129 cm³/mol. The number of pyridine rings is 1. The van der Waals surface area contributed by atoms with Crippen molar-refractivity contribution < 1.29 is 23.1 Å². The van der Waals surface area contributed by atoms with Gasteiger partial charge in [0.15, 0.2) is 0 Å². The van der Waals surface area contributed by atoms with Gasteiger partial charge in [-0.25, -0.2) is 13.8 Å². The standard InChI is InChI=1S/C26H28F2N6O3/c1-26(7-8-26)19-6-5-15(10-20(19)28)23(18-4-3-9-29-25(18)37-2)31-24(36)21-11-16(27)14-34(21)22(35)12-17-13-30-33-32-17/h3-6,9-10,13,16,21,23H,7-8,11-12,14H2,1-2H3,(H,31,36)(H,30,32,33)/t16-,21+,23?/m1/s1. The molecule has 0 spiro atoms. The third-order valence-electron chi connectivity index (χ3n) is 7.24. The number of amides is 2. The fourth-order valence-corrected chi connectivity index (χ4v) is 4.91. The van der Waals surface area contributed by atoms with E-state index in [1.807, 2.05) is 6.92 Å². The quantitative estimate of drug-likeness (QED) is 0.482. The van der Waals surface area contributed by atoms with Gasteiger partial charge in [-0.2, -0.15) is 15.4 Å². The number of hydrogen-bond donors (Lipinski definition) is 2. The van der Waals surface area contributed by atoms with Crippen LogP contribution in [0.4, 0.5) is 8.78 Å². The van der Waals surface area contributed by atoms with Crippen LogP contribution in [0.1, 0.15) is 54.6 Å². The van der Waals surface area contributed by atoms with E-state index in [0.717, 1.165) is 12.8 Å². The topological polar surface area (TPSA) is 113 Å². The molecule has 194 valence electrons. The molecule has 37 heavy (non-hydrogen) atoms. The van der Waals surface area contributed by atoms with Crippen LogP contribution >= 0.6 is 0 Å². The highest BCUT2D eigenvalue weighted by Crippen LogP contribution is 2.48. The first-order valence-corrected chi connectivity index (χ1v) is 12.2. The van der Waals surface area contributed by atoms with Gasteiger partial charge < -0.3 is 15.0 Å². The van der Waals surface area contributed by atoms with Crippen molar-refractivity contribution in [3.05, 3.63) is 70.9 Å². The van der Waals surface area contributed by atoms with E-state index in [0.29, 0.717) is 22.4 Å². The Bertz CT molecular complexity index is 1300. The molecule has 3 heterocycles. The molecule has 2 fully saturated rings. The zero-order valence-electron chi connectivity index (χ0n) is 20.6. The summed E-state index contributed by atoms with van der Waals surface area (Å²) in [7, 11) is 1.46. The van der Waals surface area contributed by atoms with E-state index in [1.54, 1.807) is 30.5 Å². The highest BCUT2D eigenvalue weighted by Gasteiger charge is 2.42. The Hall–Kier alpha value is -3.89. The number of aromatic amines is 1. The summed E-state index contributed by atoms with van der Waals surface area (Å²) in [5.41, 5.74) is 1.86. The molecule has 1 aliphatic heterocycles. The fraction of sp³-hybridized carbons (Fsp3) is 0.423. The Morgan fingerprint density at radius 3 is 2.81 bits per heavy atom. The van der Waals surface area contributed by atoms with Gasteiger partial charge in [0, 0.05) is 18.2 Å². The molecular formula is C26H28F2N6O3. The van der Waals surface area contributed by atoms with Crippen LogP contribution in [0.5, 0.6) is 5.88 Å². The minimum atomic E-state index is -1.35. The molecule has 1 unspecified atom stereocenters. The number of methoxy groups -OCH3 is 1. The van der Waals surface area contributed by atoms with Crippen molar-refractivity contribution >= 4 is 11.8 Å². The third kappa shape index (κ3) is 5.03. The Morgan fingerprint density at radius 2 is 2.14 bits per heavy atom. The highest BCUT2D eigenvalue weighted by atomic mass is 19.1. The maximum Gasteiger partial charge on any atom is 0.243 e. The summed E-state index contributed by atoms with van der Waals surface area (Å²) in [6, 6.07) is 6.49. The Morgan fingerprint density at radius 1 is 1.32 bits per heavy atom. The lowest BCUT2D eigenvalue weighted by Crippen LogP contribution is -2.47. The van der Waals surface area contributed by atoms with E-state index in [1.165, 1.54) is 24.3 Å². The van der Waals surface area contributed by atoms with E-state index < -0.39 is 30.1 Å². The molecular weight excluding hydrogens is 482 g/mol. The third-order valence-corrected chi connectivity index (χ3v) is 7.24. The molecule has 1 saturated carbocycles. The van der Waals surface area contributed by atoms with E-state index in [2.05, 4.69) is 25.7 Å². The average Bonchev–Trinajstić information content (AvgIpc) is 3.25. The summed E-state index contributed by atoms with van der Waals surface area (Å²) in [6.45, 7) is 1.82. The van der Waals surface area contributed by atoms with Crippen molar-refractivity contribution in [3.8, 4) is 5.88 Å². The molecule has 9 nitrogen and oxygen atoms in total. The average molecular weight is 511 g/mol. The number of carbonyl (C=O) groups excluding carboxylic acids is 2. The number of H-pyrrole nitrogens is 1. The van der Waals surface area contributed by atoms with Crippen LogP contribution in [0.3, 0.4) is 0 Å². The largest absolute Gasteiger partial charge is 0.481 e. The first-order chi connectivity index (χ1) is 17.8. The second-order valence-electron chi connectivity index (χ2n) is 9.88. The molecule has 0 bridgehead atoms. The summed E-state index contributed by atoms with van der Waals surface area (Å²) in [5.74, 6) is -1.07. The number of nitrogens with one attached hydrogen (secondary N) is 2. The van der Waals surface area contributed by atoms with Crippen LogP contribution in [0.15, 0.2) is 42.7 Å². The summed E-state index contributed by atoms with van der Waals surface area (Å²) in [6.07, 6.45) is 3.19. The van der Waals surface area contributed by atoms with Crippen LogP contribution < -0.4 is 10.1 Å². The normalized spacial score (nSPS) is 20.9. The predicted octanol–water partition coefficient (Wildman–Crippen LogP) is 2.79. The van der Waals surface area contributed by atoms with Gasteiger partial charge in [-0.3, -0.25) is 9.59 Å². The Balaban J connectivity index is 1.44. The van der Waals surface area contributed by atoms with Gasteiger partial charge in [-0.15, -0.1) is 0 Å². The summed E-state index contributed by atoms with van der Waals surface area (Å²) >= 11 is 0. The van der Waals surface area contributed by atoms with Crippen molar-refractivity contribution in [1.29, 1.82) is 0 Å². The number of aromatic nitrogens is 4. The van der Waals surface area contributed by atoms with Crippen molar-refractivity contribution in [1.82, 2.24) is 30.6 Å². The molecule has 2 amide bonds. The van der Waals surface area contributed by atoms with Gasteiger partial charge in [0.05, 0.1) is 38.0 Å². The molecule has 1 aliphatic carbocycles. The summed E-state index contributed by atoms with van der Waals surface area (Å²) in [5, 5.41) is 12.9. The molecule has 2 aliphatic rings. The fourth-order valence-electron chi connectivity index (χ4n) is 4.91. The molecule has 5 rings (SSSR count). The second-order valence-corrected chi connectivity index (χ2v) is 9.88. The minimum absolute atomic E-state index is 0.113. The van der Waals surface area contributed by atoms with Crippen LogP contribution in [0, 0.1) is 5.82 Å². The molecule has 1 aromatic carbocycles. The van der Waals surface area contributed by atoms with Gasteiger partial charge in [-0.1, -0.05) is 19.1 Å². The van der Waals surface area contributed by atoms with Gasteiger partial charge in [0.25, 0.3) is 0 Å². The Labute approximate surface area is 212 Å². The number of ether oxygens (including phenoxy) is 1. The van der Waals surface area contributed by atoms with Gasteiger partial charge in [0.1, 0.15) is 18.0 Å². The molecule has 2 aromatic heterocycles. The van der Waals surface area contributed by atoms with E-state index >= 15 is 4.39 Å². The van der Waals surface area contributed by atoms with Crippen molar-refractivity contribution in [2.24, 2.45) is 0 Å². The van der Waals surface area contributed by atoms with E-state index in [9.17, 15) is 14.0 Å². The number of likely N-dealkylation sites (tertiary alicyclic amines) is 1. The number of nitrogens with zero attached hydrogens (tertiary/aromatic N) is 4. The van der Waals surface area contributed by atoms with E-state index in [4.69, 9.17) is 4.74 Å². The van der Waals surface area contributed by atoms with Gasteiger partial charge in [0.2, 0.25) is 17.7 Å². The molecule has 1 saturated heterocycles. The first kappa shape index (κ1) is 24.8. The number of alkyl halides is 1. The van der Waals surface area contributed by atoms with Crippen LogP contribution in [-0.4, -0.2) is 63.0 Å². The summed E-state index contributed by atoms with van der Waals surface area (Å²) < 4.78 is 35.1. The summed E-state index contributed by atoms with van der Waals surface area (Å²) in [4.78, 5) is 31.9. The SMILES string of the molecule is COc1ncccc1C(NC(=O)[C@@H]1C[C@@H](F)CN1C(=O)Cc1cn[nH]n1)c1ccc(C2(C)CC2)c(F)c1. The van der Waals surface area contributed by atoms with Gasteiger partial charge >= 0.3 is 0 Å². The highest BCUT2D eigenvalue weighted by molar-refractivity contribution is 5.89. The number of carbonyl (C=O) groups is 2. The molecule has 3 atom stereocenters. The van der Waals surface area contributed by atoms with Crippen LogP contribution in [-0.2, 0) is 21.4 Å². The zero-order chi connectivity index (χ0) is 26.2. The molecule has 3 aromatic rings. The lowest BCUT2D eigenvalue weighted by atomic mass is 9.92. The Kier molecular flexibility index (Phi) is 6.61. The first-order valence-electron chi connectivity index (χ1n) is 12.2. The van der Waals surface area contributed by atoms with Gasteiger partial charge in [-0.05, 0) is 47.6 Å². The number of benzene rings is 1. The second kappa shape index (κ2) is 9.87. The molecule has 11 heteroatoms. The number of rotatable bonds is 8. The number of hydrogen-bond acceptors (Lipinski definition) is 6. The van der Waals surface area contributed by atoms with E-state index in [-0.39, 0.29) is 36.5 Å². The smallest absolute Gasteiger partial charge is 0.243 e. The maximum absolute atomic E-state index is 15.2. The van der Waals surface area contributed by atoms with Crippen LogP contribution in [0.2, 0.25) is 0 Å². The van der Waals surface area contributed by atoms with Crippen molar-refractivity contribution in [2.45, 2.75) is 56.3 Å². The van der Waals surface area contributed by atoms with Crippen LogP contribution in [0.25, 0.3) is 0 Å². The number of halogens is 2. The molecule has 2 N–H and O–H groups in total. The zero-order valence-corrected chi connectivity index (χ0v) is 20.6. The monoisotopic (exact) mass is 510 g/mol. The lowest BCUT2D eigenvalue weighted by molar-refractivity contribution is -0.138. The minimum Gasteiger partial charge on any atom is -0.481 e. The molecule has 0 radical (unpaired) electrons.